The molecular weight excluding hydrogens is 180 g/mol. The van der Waals surface area contributed by atoms with Crippen molar-refractivity contribution in [3.63, 3.8) is 0 Å². The number of aromatic carboxylic acids is 1. The number of benzene rings is 1. The minimum atomic E-state index is -1.17. The summed E-state index contributed by atoms with van der Waals surface area (Å²) in [6, 6.07) is 6.22. The Labute approximate surface area is 83.3 Å². The fourth-order valence-corrected chi connectivity index (χ4v) is 0.950. The van der Waals surface area contributed by atoms with Gasteiger partial charge in [0.2, 0.25) is 0 Å². The third-order valence-electron chi connectivity index (χ3n) is 1.67. The number of rotatable bonds is 4. The summed E-state index contributed by atoms with van der Waals surface area (Å²) in [7, 11) is 0. The number of ether oxygens (including phenoxy) is 1. The van der Waals surface area contributed by atoms with Crippen molar-refractivity contribution in [3.8, 4) is 5.75 Å². The van der Waals surface area contributed by atoms with Crippen molar-refractivity contribution in [2.75, 3.05) is 6.61 Å². The average molecular weight is 193 g/mol. The third kappa shape index (κ3) is 3.09. The van der Waals surface area contributed by atoms with Crippen molar-refractivity contribution >= 4 is 5.97 Å². The van der Waals surface area contributed by atoms with Crippen molar-refractivity contribution in [3.05, 3.63) is 29.8 Å². The Balaban J connectivity index is 2.60. The Morgan fingerprint density at radius 1 is 1.36 bits per heavy atom. The van der Waals surface area contributed by atoms with Crippen LogP contribution in [0.4, 0.5) is 0 Å². The molecule has 1 aromatic carbocycles. The zero-order valence-electron chi connectivity index (χ0n) is 8.32. The van der Waals surface area contributed by atoms with Crippen molar-refractivity contribution in [2.24, 2.45) is 5.92 Å². The van der Waals surface area contributed by atoms with Gasteiger partial charge in [0.1, 0.15) is 5.75 Å². The average Bonchev–Trinajstić information content (AvgIpc) is 2.15. The first-order valence-corrected chi connectivity index (χ1v) is 4.54. The van der Waals surface area contributed by atoms with E-state index in [9.17, 15) is 9.90 Å². The molecule has 1 rings (SSSR count). The van der Waals surface area contributed by atoms with Gasteiger partial charge < -0.3 is 14.6 Å². The van der Waals surface area contributed by atoms with Crippen LogP contribution in [0, 0.1) is 5.92 Å². The van der Waals surface area contributed by atoms with E-state index in [-0.39, 0.29) is 5.56 Å². The highest BCUT2D eigenvalue weighted by Crippen LogP contribution is 2.12. The molecule has 0 radical (unpaired) electrons. The Kier molecular flexibility index (Phi) is 3.51. The highest BCUT2D eigenvalue weighted by molar-refractivity contribution is 5.85. The van der Waals surface area contributed by atoms with Gasteiger partial charge in [0.15, 0.2) is 0 Å². The van der Waals surface area contributed by atoms with Gasteiger partial charge in [0.25, 0.3) is 0 Å². The SMILES string of the molecule is CC(C)COc1ccc(C(=O)[O-])cc1. The molecule has 0 saturated carbocycles. The topological polar surface area (TPSA) is 49.4 Å². The van der Waals surface area contributed by atoms with Crippen LogP contribution in [0.25, 0.3) is 0 Å². The van der Waals surface area contributed by atoms with Gasteiger partial charge in [-0.1, -0.05) is 13.8 Å². The number of carboxylic acids is 1. The van der Waals surface area contributed by atoms with Gasteiger partial charge in [-0.3, -0.25) is 0 Å². The maximum absolute atomic E-state index is 10.4. The van der Waals surface area contributed by atoms with Crippen LogP contribution >= 0.6 is 0 Å². The van der Waals surface area contributed by atoms with Crippen molar-refractivity contribution in [1.82, 2.24) is 0 Å². The van der Waals surface area contributed by atoms with E-state index >= 15 is 0 Å². The van der Waals surface area contributed by atoms with Crippen LogP contribution in [0.5, 0.6) is 5.75 Å². The highest BCUT2D eigenvalue weighted by atomic mass is 16.5. The van der Waals surface area contributed by atoms with Gasteiger partial charge in [-0.25, -0.2) is 0 Å². The lowest BCUT2D eigenvalue weighted by Gasteiger charge is -2.09. The first kappa shape index (κ1) is 10.6. The van der Waals surface area contributed by atoms with Crippen LogP contribution in [-0.2, 0) is 0 Å². The summed E-state index contributed by atoms with van der Waals surface area (Å²) >= 11 is 0. The van der Waals surface area contributed by atoms with E-state index < -0.39 is 5.97 Å². The molecule has 0 atom stereocenters. The summed E-state index contributed by atoms with van der Waals surface area (Å²) in [6.07, 6.45) is 0. The van der Waals surface area contributed by atoms with Crippen molar-refractivity contribution in [1.29, 1.82) is 0 Å². The normalized spacial score (nSPS) is 10.2. The van der Waals surface area contributed by atoms with E-state index in [1.807, 2.05) is 0 Å². The molecule has 76 valence electrons. The van der Waals surface area contributed by atoms with Gasteiger partial charge >= 0.3 is 0 Å². The fourth-order valence-electron chi connectivity index (χ4n) is 0.950. The molecule has 3 heteroatoms. The molecule has 0 saturated heterocycles. The van der Waals surface area contributed by atoms with E-state index in [0.29, 0.717) is 18.3 Å². The Hall–Kier alpha value is -1.51. The minimum Gasteiger partial charge on any atom is -0.545 e. The van der Waals surface area contributed by atoms with Crippen LogP contribution in [0.1, 0.15) is 24.2 Å². The summed E-state index contributed by atoms with van der Waals surface area (Å²) < 4.78 is 5.39. The van der Waals surface area contributed by atoms with Gasteiger partial charge in [-0.2, -0.15) is 0 Å². The fraction of sp³-hybridized carbons (Fsp3) is 0.364. The molecule has 1 aromatic rings. The third-order valence-corrected chi connectivity index (χ3v) is 1.67. The lowest BCUT2D eigenvalue weighted by atomic mass is 10.2. The van der Waals surface area contributed by atoms with E-state index in [1.165, 1.54) is 12.1 Å². The Morgan fingerprint density at radius 2 is 1.93 bits per heavy atom. The Morgan fingerprint density at radius 3 is 2.36 bits per heavy atom. The molecule has 0 aliphatic carbocycles. The number of carbonyl (C=O) groups is 1. The molecule has 0 bridgehead atoms. The zero-order valence-corrected chi connectivity index (χ0v) is 8.32. The summed E-state index contributed by atoms with van der Waals surface area (Å²) in [5.41, 5.74) is 0.168. The molecule has 0 aliphatic rings. The van der Waals surface area contributed by atoms with Crippen LogP contribution in [-0.4, -0.2) is 12.6 Å². The monoisotopic (exact) mass is 193 g/mol. The van der Waals surface area contributed by atoms with E-state index in [2.05, 4.69) is 13.8 Å². The first-order chi connectivity index (χ1) is 6.59. The summed E-state index contributed by atoms with van der Waals surface area (Å²) in [5, 5.41) is 10.4. The molecular formula is C11H13O3-. The van der Waals surface area contributed by atoms with E-state index in [1.54, 1.807) is 12.1 Å². The second-order valence-electron chi connectivity index (χ2n) is 3.52. The second-order valence-corrected chi connectivity index (χ2v) is 3.52. The Bertz CT molecular complexity index is 301. The molecule has 0 aliphatic heterocycles. The molecule has 3 nitrogen and oxygen atoms in total. The van der Waals surface area contributed by atoms with Crippen molar-refractivity contribution < 1.29 is 14.6 Å². The van der Waals surface area contributed by atoms with Gasteiger partial charge in [-0.15, -0.1) is 0 Å². The smallest absolute Gasteiger partial charge is 0.119 e. The van der Waals surface area contributed by atoms with Gasteiger partial charge in [-0.05, 0) is 35.7 Å². The molecule has 0 unspecified atom stereocenters. The van der Waals surface area contributed by atoms with Crippen molar-refractivity contribution in [2.45, 2.75) is 13.8 Å². The quantitative estimate of drug-likeness (QED) is 0.719. The maximum atomic E-state index is 10.4. The lowest BCUT2D eigenvalue weighted by Crippen LogP contribution is -2.21. The predicted molar refractivity (Wildman–Crippen MR) is 51.1 cm³/mol. The van der Waals surface area contributed by atoms with E-state index in [4.69, 9.17) is 4.74 Å². The predicted octanol–water partition coefficient (Wildman–Crippen LogP) is 1.08. The summed E-state index contributed by atoms with van der Waals surface area (Å²) in [5.74, 6) is -0.0278. The van der Waals surface area contributed by atoms with E-state index in [0.717, 1.165) is 0 Å². The second kappa shape index (κ2) is 4.65. The number of hydrogen-bond donors (Lipinski definition) is 0. The largest absolute Gasteiger partial charge is 0.545 e. The van der Waals surface area contributed by atoms with Gasteiger partial charge in [0, 0.05) is 0 Å². The highest BCUT2D eigenvalue weighted by Gasteiger charge is 1.97. The maximum Gasteiger partial charge on any atom is 0.119 e. The molecule has 0 heterocycles. The minimum absolute atomic E-state index is 0.168. The number of carboxylic acid groups (broad SMARTS) is 1. The standard InChI is InChI=1S/C11H14O3/c1-8(2)7-14-10-5-3-9(4-6-10)11(12)13/h3-6,8H,7H2,1-2H3,(H,12,13)/p-1. The van der Waals surface area contributed by atoms with Crippen LogP contribution < -0.4 is 9.84 Å². The molecule has 0 amide bonds. The van der Waals surface area contributed by atoms with Crippen LogP contribution in [0.3, 0.4) is 0 Å². The molecule has 14 heavy (non-hydrogen) atoms. The first-order valence-electron chi connectivity index (χ1n) is 4.54. The van der Waals surface area contributed by atoms with Gasteiger partial charge in [0.05, 0.1) is 12.6 Å². The van der Waals surface area contributed by atoms with Crippen LogP contribution in [0.2, 0.25) is 0 Å². The zero-order chi connectivity index (χ0) is 10.6. The number of hydrogen-bond acceptors (Lipinski definition) is 3. The molecule has 0 N–H and O–H groups in total. The molecule has 0 spiro atoms. The number of carbonyl (C=O) groups excluding carboxylic acids is 1. The molecule has 0 fully saturated rings. The molecule has 0 aromatic heterocycles. The lowest BCUT2D eigenvalue weighted by molar-refractivity contribution is -0.255. The van der Waals surface area contributed by atoms with Crippen LogP contribution in [0.15, 0.2) is 24.3 Å². The summed E-state index contributed by atoms with van der Waals surface area (Å²) in [4.78, 5) is 10.4. The summed E-state index contributed by atoms with van der Waals surface area (Å²) in [6.45, 7) is 4.73.